The van der Waals surface area contributed by atoms with Gasteiger partial charge in [0.25, 0.3) is 0 Å². The van der Waals surface area contributed by atoms with Crippen molar-refractivity contribution < 1.29 is 9.53 Å². The number of carbonyl (C=O) groups is 1. The first-order valence-corrected chi connectivity index (χ1v) is 8.60. The van der Waals surface area contributed by atoms with Crippen LogP contribution in [-0.2, 0) is 5.75 Å². The Morgan fingerprint density at radius 3 is 2.59 bits per heavy atom. The maximum atomic E-state index is 11.9. The minimum Gasteiger partial charge on any atom is -0.497 e. The van der Waals surface area contributed by atoms with Crippen LogP contribution in [0.15, 0.2) is 53.4 Å². The Morgan fingerprint density at radius 1 is 1.14 bits per heavy atom. The van der Waals surface area contributed by atoms with Crippen LogP contribution in [0.1, 0.15) is 42.1 Å². The van der Waals surface area contributed by atoms with Crippen molar-refractivity contribution >= 4 is 17.5 Å². The molecule has 0 saturated carbocycles. The first kappa shape index (κ1) is 16.6. The smallest absolute Gasteiger partial charge is 0.162 e. The molecule has 0 saturated heterocycles. The van der Waals surface area contributed by atoms with Crippen molar-refractivity contribution in [1.29, 1.82) is 0 Å². The van der Waals surface area contributed by atoms with Crippen molar-refractivity contribution in [3.63, 3.8) is 0 Å². The molecule has 0 spiro atoms. The van der Waals surface area contributed by atoms with Gasteiger partial charge in [-0.1, -0.05) is 37.6 Å². The summed E-state index contributed by atoms with van der Waals surface area (Å²) in [7, 11) is 1.68. The lowest BCUT2D eigenvalue weighted by atomic mass is 10.1. The van der Waals surface area contributed by atoms with Crippen LogP contribution in [0.4, 0.5) is 0 Å². The SMILES string of the molecule is CCCCC(=O)c1ccc(SCc2cccc(OC)c2)cc1. The highest BCUT2D eigenvalue weighted by Gasteiger charge is 2.05. The van der Waals surface area contributed by atoms with Gasteiger partial charge in [-0.25, -0.2) is 0 Å². The van der Waals surface area contributed by atoms with Gasteiger partial charge in [-0.15, -0.1) is 11.8 Å². The minimum absolute atomic E-state index is 0.242. The molecule has 0 radical (unpaired) electrons. The molecular weight excluding hydrogens is 292 g/mol. The number of Topliss-reactive ketones (excluding diaryl/α,β-unsaturated/α-hetero) is 1. The van der Waals surface area contributed by atoms with E-state index in [0.29, 0.717) is 6.42 Å². The molecule has 0 heterocycles. The summed E-state index contributed by atoms with van der Waals surface area (Å²) >= 11 is 1.76. The summed E-state index contributed by atoms with van der Waals surface area (Å²) in [6, 6.07) is 16.0. The molecule has 0 aliphatic heterocycles. The van der Waals surface area contributed by atoms with E-state index >= 15 is 0 Å². The van der Waals surface area contributed by atoms with Crippen LogP contribution in [-0.4, -0.2) is 12.9 Å². The normalized spacial score (nSPS) is 10.5. The van der Waals surface area contributed by atoms with Crippen LogP contribution in [0, 0.1) is 0 Å². The summed E-state index contributed by atoms with van der Waals surface area (Å²) in [5.74, 6) is 2.02. The van der Waals surface area contributed by atoms with Gasteiger partial charge in [-0.2, -0.15) is 0 Å². The number of benzene rings is 2. The van der Waals surface area contributed by atoms with E-state index in [1.807, 2.05) is 36.4 Å². The summed E-state index contributed by atoms with van der Waals surface area (Å²) in [6.45, 7) is 2.10. The molecule has 22 heavy (non-hydrogen) atoms. The van der Waals surface area contributed by atoms with Crippen LogP contribution < -0.4 is 4.74 Å². The topological polar surface area (TPSA) is 26.3 Å². The number of ketones is 1. The van der Waals surface area contributed by atoms with E-state index in [1.165, 1.54) is 10.5 Å². The zero-order valence-electron chi connectivity index (χ0n) is 13.2. The van der Waals surface area contributed by atoms with E-state index in [9.17, 15) is 4.79 Å². The van der Waals surface area contributed by atoms with Crippen LogP contribution in [0.25, 0.3) is 0 Å². The third kappa shape index (κ3) is 4.92. The lowest BCUT2D eigenvalue weighted by Gasteiger charge is -2.06. The summed E-state index contributed by atoms with van der Waals surface area (Å²) < 4.78 is 5.23. The number of hydrogen-bond donors (Lipinski definition) is 0. The fourth-order valence-electron chi connectivity index (χ4n) is 2.15. The Labute approximate surface area is 136 Å². The van der Waals surface area contributed by atoms with Crippen molar-refractivity contribution in [2.45, 2.75) is 36.8 Å². The molecule has 0 fully saturated rings. The molecule has 3 heteroatoms. The highest BCUT2D eigenvalue weighted by Crippen LogP contribution is 2.25. The fourth-order valence-corrected chi connectivity index (χ4v) is 2.99. The van der Waals surface area contributed by atoms with Gasteiger partial charge in [-0.3, -0.25) is 4.79 Å². The summed E-state index contributed by atoms with van der Waals surface area (Å²) in [5, 5.41) is 0. The molecule has 2 aromatic rings. The second-order valence-electron chi connectivity index (χ2n) is 5.19. The Balaban J connectivity index is 1.92. The Kier molecular flexibility index (Phi) is 6.53. The van der Waals surface area contributed by atoms with Crippen LogP contribution in [0.2, 0.25) is 0 Å². The number of hydrogen-bond acceptors (Lipinski definition) is 3. The highest BCUT2D eigenvalue weighted by atomic mass is 32.2. The molecule has 0 aromatic heterocycles. The molecule has 116 valence electrons. The van der Waals surface area contributed by atoms with E-state index in [2.05, 4.69) is 19.1 Å². The molecule has 2 aromatic carbocycles. The third-order valence-electron chi connectivity index (χ3n) is 3.47. The highest BCUT2D eigenvalue weighted by molar-refractivity contribution is 7.98. The molecule has 0 unspecified atom stereocenters. The number of rotatable bonds is 8. The third-order valence-corrected chi connectivity index (χ3v) is 4.56. The fraction of sp³-hybridized carbons (Fsp3) is 0.316. The number of methoxy groups -OCH3 is 1. The van der Waals surface area contributed by atoms with Gasteiger partial charge in [0.15, 0.2) is 5.78 Å². The quantitative estimate of drug-likeness (QED) is 0.484. The van der Waals surface area contributed by atoms with Gasteiger partial charge in [0.2, 0.25) is 0 Å². The molecule has 0 atom stereocenters. The molecule has 0 aliphatic carbocycles. The zero-order chi connectivity index (χ0) is 15.8. The Morgan fingerprint density at radius 2 is 1.91 bits per heavy atom. The van der Waals surface area contributed by atoms with E-state index in [4.69, 9.17) is 4.74 Å². The standard InChI is InChI=1S/C19H22O2S/c1-3-4-8-19(20)16-9-11-18(12-10-16)22-14-15-6-5-7-17(13-15)21-2/h5-7,9-13H,3-4,8,14H2,1-2H3. The van der Waals surface area contributed by atoms with Crippen molar-refractivity contribution in [2.24, 2.45) is 0 Å². The van der Waals surface area contributed by atoms with Crippen LogP contribution >= 0.6 is 11.8 Å². The average Bonchev–Trinajstić information content (AvgIpc) is 2.58. The monoisotopic (exact) mass is 314 g/mol. The number of ether oxygens (including phenoxy) is 1. The maximum Gasteiger partial charge on any atom is 0.162 e. The molecule has 0 amide bonds. The maximum absolute atomic E-state index is 11.9. The van der Waals surface area contributed by atoms with Crippen molar-refractivity contribution in [2.75, 3.05) is 7.11 Å². The van der Waals surface area contributed by atoms with Crippen LogP contribution in [0.3, 0.4) is 0 Å². The van der Waals surface area contributed by atoms with Gasteiger partial charge in [-0.05, 0) is 36.2 Å². The predicted molar refractivity (Wildman–Crippen MR) is 92.9 cm³/mol. The van der Waals surface area contributed by atoms with Crippen molar-refractivity contribution in [3.05, 3.63) is 59.7 Å². The Hall–Kier alpha value is -1.74. The lowest BCUT2D eigenvalue weighted by molar-refractivity contribution is 0.0979. The number of unbranched alkanes of at least 4 members (excludes halogenated alkanes) is 1. The number of thioether (sulfide) groups is 1. The first-order chi connectivity index (χ1) is 10.7. The van der Waals surface area contributed by atoms with Gasteiger partial charge in [0.05, 0.1) is 7.11 Å². The minimum atomic E-state index is 0.242. The van der Waals surface area contributed by atoms with Gasteiger partial charge >= 0.3 is 0 Å². The molecule has 0 bridgehead atoms. The van der Waals surface area contributed by atoms with E-state index in [-0.39, 0.29) is 5.78 Å². The molecular formula is C19H22O2S. The largest absolute Gasteiger partial charge is 0.497 e. The van der Waals surface area contributed by atoms with Crippen LogP contribution in [0.5, 0.6) is 5.75 Å². The Bertz CT molecular complexity index is 605. The molecule has 2 nitrogen and oxygen atoms in total. The second kappa shape index (κ2) is 8.64. The summed E-state index contributed by atoms with van der Waals surface area (Å²) in [4.78, 5) is 13.1. The number of carbonyl (C=O) groups excluding carboxylic acids is 1. The summed E-state index contributed by atoms with van der Waals surface area (Å²) in [6.07, 6.45) is 2.66. The molecule has 2 rings (SSSR count). The van der Waals surface area contributed by atoms with E-state index < -0.39 is 0 Å². The van der Waals surface area contributed by atoms with Gasteiger partial charge in [0.1, 0.15) is 5.75 Å². The molecule has 0 aliphatic rings. The average molecular weight is 314 g/mol. The van der Waals surface area contributed by atoms with E-state index in [1.54, 1.807) is 18.9 Å². The van der Waals surface area contributed by atoms with Crippen molar-refractivity contribution in [3.8, 4) is 5.75 Å². The van der Waals surface area contributed by atoms with Gasteiger partial charge < -0.3 is 4.74 Å². The molecule has 0 N–H and O–H groups in total. The zero-order valence-corrected chi connectivity index (χ0v) is 14.0. The van der Waals surface area contributed by atoms with Gasteiger partial charge in [0, 0.05) is 22.6 Å². The second-order valence-corrected chi connectivity index (χ2v) is 6.24. The van der Waals surface area contributed by atoms with E-state index in [0.717, 1.165) is 29.9 Å². The summed E-state index contributed by atoms with van der Waals surface area (Å²) in [5.41, 5.74) is 2.05. The lowest BCUT2D eigenvalue weighted by Crippen LogP contribution is -1.98. The van der Waals surface area contributed by atoms with Crippen molar-refractivity contribution in [1.82, 2.24) is 0 Å². The predicted octanol–water partition coefficient (Wildman–Crippen LogP) is 5.36. The first-order valence-electron chi connectivity index (χ1n) is 7.62.